The van der Waals surface area contributed by atoms with Crippen molar-refractivity contribution in [2.45, 2.75) is 0 Å². The number of hydrogen-bond donors (Lipinski definition) is 0. The van der Waals surface area contributed by atoms with Crippen LogP contribution < -0.4 is 4.90 Å². The molecular formula is C58H36N2OS. The van der Waals surface area contributed by atoms with Crippen molar-refractivity contribution in [3.63, 3.8) is 0 Å². The summed E-state index contributed by atoms with van der Waals surface area (Å²) in [5.74, 6) is 0. The fraction of sp³-hybridized carbons (Fsp3) is 0. The minimum Gasteiger partial charge on any atom is -0.455 e. The van der Waals surface area contributed by atoms with Crippen LogP contribution in [0, 0.1) is 0 Å². The van der Waals surface area contributed by atoms with Gasteiger partial charge in [0.05, 0.1) is 27.8 Å². The van der Waals surface area contributed by atoms with Gasteiger partial charge in [-0.05, 0) is 88.8 Å². The maximum atomic E-state index is 6.73. The van der Waals surface area contributed by atoms with E-state index < -0.39 is 0 Å². The number of rotatable bonds is 6. The minimum absolute atomic E-state index is 0.864. The molecule has 0 spiro atoms. The Morgan fingerprint density at radius 3 is 1.74 bits per heavy atom. The lowest BCUT2D eigenvalue weighted by Gasteiger charge is -2.27. The number of nitrogens with zero attached hydrogens (tertiary/aromatic N) is 2. The van der Waals surface area contributed by atoms with E-state index in [9.17, 15) is 0 Å². The molecule has 13 rings (SSSR count). The van der Waals surface area contributed by atoms with Crippen LogP contribution in [0.2, 0.25) is 0 Å². The molecule has 0 saturated carbocycles. The van der Waals surface area contributed by atoms with Crippen molar-refractivity contribution in [3.8, 4) is 27.9 Å². The Morgan fingerprint density at radius 2 is 0.984 bits per heavy atom. The van der Waals surface area contributed by atoms with Gasteiger partial charge < -0.3 is 13.9 Å². The summed E-state index contributed by atoms with van der Waals surface area (Å²) in [6, 6.07) is 79.1. The summed E-state index contributed by atoms with van der Waals surface area (Å²) in [4.78, 5) is 2.39. The first kappa shape index (κ1) is 34.9. The van der Waals surface area contributed by atoms with Crippen LogP contribution in [-0.4, -0.2) is 4.57 Å². The lowest BCUT2D eigenvalue weighted by atomic mass is 10.0. The number of thiophene rings is 1. The van der Waals surface area contributed by atoms with E-state index >= 15 is 0 Å². The Hall–Kier alpha value is -7.92. The summed E-state index contributed by atoms with van der Waals surface area (Å²) in [6.07, 6.45) is 0. The van der Waals surface area contributed by atoms with Crippen LogP contribution in [0.1, 0.15) is 0 Å². The van der Waals surface area contributed by atoms with E-state index in [1.807, 2.05) is 11.3 Å². The quantitative estimate of drug-likeness (QED) is 0.167. The summed E-state index contributed by atoms with van der Waals surface area (Å²) >= 11 is 1.87. The topological polar surface area (TPSA) is 21.3 Å². The highest BCUT2D eigenvalue weighted by molar-refractivity contribution is 7.26. The summed E-state index contributed by atoms with van der Waals surface area (Å²) in [5.41, 5.74) is 13.3. The third-order valence-electron chi connectivity index (χ3n) is 12.6. The molecule has 0 saturated heterocycles. The minimum atomic E-state index is 0.864. The SMILES string of the molecule is c1ccc(-n2c3ccccc3c3ccccc32)c(-c2ccc(N(c3ccc(-c4cccc5c4sc4ccccc45)cc3)c3cccc4oc5c6ccccc6ccc5c34)cc2)c1. The van der Waals surface area contributed by atoms with Crippen molar-refractivity contribution in [2.24, 2.45) is 0 Å². The molecule has 10 aromatic carbocycles. The van der Waals surface area contributed by atoms with Gasteiger partial charge in [-0.25, -0.2) is 0 Å². The van der Waals surface area contributed by atoms with Crippen molar-refractivity contribution in [3.05, 3.63) is 218 Å². The van der Waals surface area contributed by atoms with Gasteiger partial charge in [0.25, 0.3) is 0 Å². The lowest BCUT2D eigenvalue weighted by Crippen LogP contribution is -2.10. The van der Waals surface area contributed by atoms with Crippen molar-refractivity contribution in [1.82, 2.24) is 4.57 Å². The van der Waals surface area contributed by atoms with Gasteiger partial charge in [-0.2, -0.15) is 0 Å². The average molecular weight is 809 g/mol. The van der Waals surface area contributed by atoms with E-state index in [0.717, 1.165) is 55.6 Å². The van der Waals surface area contributed by atoms with Crippen LogP contribution in [0.3, 0.4) is 0 Å². The van der Waals surface area contributed by atoms with E-state index in [0.29, 0.717) is 0 Å². The molecule has 3 aromatic heterocycles. The highest BCUT2D eigenvalue weighted by Crippen LogP contribution is 2.46. The molecule has 3 nitrogen and oxygen atoms in total. The summed E-state index contributed by atoms with van der Waals surface area (Å²) in [6.45, 7) is 0. The standard InChI is InChI=1S/C58H36N2OS/c1-2-15-43-37(13-1)31-36-49-56-53(24-12-25-54(56)61-57(43)49)59(41-34-29-39(30-35-41)44-19-11-20-48-47-18-6-10-26-55(47)62-58(44)48)40-32-27-38(28-33-40)42-14-3-7-21-50(42)60-51-22-8-4-16-45(51)46-17-5-9-23-52(46)60/h1-36H. The Balaban J connectivity index is 0.978. The molecule has 62 heavy (non-hydrogen) atoms. The van der Waals surface area contributed by atoms with Crippen LogP contribution in [0.4, 0.5) is 17.1 Å². The van der Waals surface area contributed by atoms with Crippen LogP contribution in [0.5, 0.6) is 0 Å². The molecule has 0 unspecified atom stereocenters. The van der Waals surface area contributed by atoms with Gasteiger partial charge in [-0.1, -0.05) is 152 Å². The molecule has 13 aromatic rings. The van der Waals surface area contributed by atoms with Gasteiger partial charge in [0, 0.05) is 58.7 Å². The highest BCUT2D eigenvalue weighted by atomic mass is 32.1. The number of aromatic nitrogens is 1. The molecule has 290 valence electrons. The second-order valence-electron chi connectivity index (χ2n) is 16.0. The maximum absolute atomic E-state index is 6.73. The Kier molecular flexibility index (Phi) is 7.78. The van der Waals surface area contributed by atoms with Gasteiger partial charge in [-0.15, -0.1) is 11.3 Å². The first-order valence-electron chi connectivity index (χ1n) is 21.1. The van der Waals surface area contributed by atoms with Crippen LogP contribution in [0.25, 0.3) is 103 Å². The third kappa shape index (κ3) is 5.30. The molecule has 0 aliphatic rings. The number of anilines is 3. The fourth-order valence-corrected chi connectivity index (χ4v) is 11.0. The zero-order valence-electron chi connectivity index (χ0n) is 33.5. The Bertz CT molecular complexity index is 3820. The molecule has 0 N–H and O–H groups in total. The molecule has 0 bridgehead atoms. The van der Waals surface area contributed by atoms with Gasteiger partial charge in [0.2, 0.25) is 0 Å². The van der Waals surface area contributed by atoms with Gasteiger partial charge in [0.1, 0.15) is 11.2 Å². The molecule has 0 atom stereocenters. The second-order valence-corrected chi connectivity index (χ2v) is 17.1. The first-order valence-corrected chi connectivity index (χ1v) is 21.9. The second kappa shape index (κ2) is 13.8. The average Bonchev–Trinajstić information content (AvgIpc) is 4.03. The summed E-state index contributed by atoms with van der Waals surface area (Å²) in [7, 11) is 0. The van der Waals surface area contributed by atoms with Crippen molar-refractivity contribution >= 4 is 103 Å². The molecule has 0 aliphatic heterocycles. The van der Waals surface area contributed by atoms with E-state index in [1.54, 1.807) is 0 Å². The highest BCUT2D eigenvalue weighted by Gasteiger charge is 2.22. The van der Waals surface area contributed by atoms with Crippen LogP contribution in [0.15, 0.2) is 223 Å². The number of hydrogen-bond acceptors (Lipinski definition) is 3. The smallest absolute Gasteiger partial charge is 0.143 e. The zero-order chi connectivity index (χ0) is 40.7. The monoisotopic (exact) mass is 808 g/mol. The lowest BCUT2D eigenvalue weighted by molar-refractivity contribution is 0.672. The van der Waals surface area contributed by atoms with Crippen LogP contribution in [-0.2, 0) is 0 Å². The van der Waals surface area contributed by atoms with Gasteiger partial charge in [0.15, 0.2) is 0 Å². The summed E-state index contributed by atoms with van der Waals surface area (Å²) < 4.78 is 11.8. The Morgan fingerprint density at radius 1 is 0.403 bits per heavy atom. The van der Waals surface area contributed by atoms with E-state index in [1.165, 1.54) is 64.1 Å². The third-order valence-corrected chi connectivity index (χ3v) is 13.8. The molecule has 3 heterocycles. The maximum Gasteiger partial charge on any atom is 0.143 e. The van der Waals surface area contributed by atoms with E-state index in [-0.39, 0.29) is 0 Å². The number of benzene rings is 10. The van der Waals surface area contributed by atoms with Crippen molar-refractivity contribution < 1.29 is 4.42 Å². The Labute approximate surface area is 361 Å². The molecule has 0 aliphatic carbocycles. The largest absolute Gasteiger partial charge is 0.455 e. The van der Waals surface area contributed by atoms with Crippen LogP contribution >= 0.6 is 11.3 Å². The molecule has 0 fully saturated rings. The van der Waals surface area contributed by atoms with E-state index in [4.69, 9.17) is 4.42 Å². The zero-order valence-corrected chi connectivity index (χ0v) is 34.3. The van der Waals surface area contributed by atoms with Crippen molar-refractivity contribution in [1.29, 1.82) is 0 Å². The first-order chi connectivity index (χ1) is 30.8. The fourth-order valence-electron chi connectivity index (χ4n) is 9.80. The summed E-state index contributed by atoms with van der Waals surface area (Å²) in [5, 5.41) is 9.60. The number of furan rings is 1. The molecule has 4 heteroatoms. The van der Waals surface area contributed by atoms with Gasteiger partial charge >= 0.3 is 0 Å². The molecule has 0 radical (unpaired) electrons. The normalized spacial score (nSPS) is 11.9. The van der Waals surface area contributed by atoms with Crippen molar-refractivity contribution in [2.75, 3.05) is 4.90 Å². The molecule has 0 amide bonds. The van der Waals surface area contributed by atoms with E-state index in [2.05, 4.69) is 228 Å². The number of para-hydroxylation sites is 3. The predicted octanol–water partition coefficient (Wildman–Crippen LogP) is 17.0. The van der Waals surface area contributed by atoms with Gasteiger partial charge in [-0.3, -0.25) is 0 Å². The predicted molar refractivity (Wildman–Crippen MR) is 264 cm³/mol. The molecular weight excluding hydrogens is 773 g/mol. The number of fused-ring (bicyclic) bond motifs is 11.